The third-order valence-corrected chi connectivity index (χ3v) is 4.94. The molecule has 1 heteroatoms. The van der Waals surface area contributed by atoms with E-state index in [1.165, 1.54) is 50.2 Å². The molecule has 114 valence electrons. The van der Waals surface area contributed by atoms with Gasteiger partial charge in [-0.25, -0.2) is 0 Å². The van der Waals surface area contributed by atoms with Crippen LogP contribution in [-0.2, 0) is 6.42 Å². The molecule has 23 heavy (non-hydrogen) atoms. The normalized spacial score (nSPS) is 12.0. The zero-order chi connectivity index (χ0) is 16.0. The first-order valence-corrected chi connectivity index (χ1v) is 8.18. The van der Waals surface area contributed by atoms with Gasteiger partial charge in [0.25, 0.3) is 0 Å². The summed E-state index contributed by atoms with van der Waals surface area (Å²) in [6.45, 7) is 4.36. The molecule has 0 fully saturated rings. The van der Waals surface area contributed by atoms with Gasteiger partial charge in [0.05, 0.1) is 0 Å². The summed E-state index contributed by atoms with van der Waals surface area (Å²) in [6.07, 6.45) is 1.04. The summed E-state index contributed by atoms with van der Waals surface area (Å²) in [5.41, 5.74) is 12.2. The Morgan fingerprint density at radius 2 is 1.43 bits per heavy atom. The Labute approximate surface area is 138 Å². The van der Waals surface area contributed by atoms with E-state index in [4.69, 9.17) is 0 Å². The fraction of sp³-hybridized carbons (Fsp3) is 0.182. The van der Waals surface area contributed by atoms with Crippen LogP contribution in [0.1, 0.15) is 22.3 Å². The van der Waals surface area contributed by atoms with E-state index in [2.05, 4.69) is 73.8 Å². The second-order valence-corrected chi connectivity index (χ2v) is 6.40. The van der Waals surface area contributed by atoms with E-state index in [1.54, 1.807) is 0 Å². The average molecular weight is 299 g/mol. The van der Waals surface area contributed by atoms with E-state index in [0.717, 1.165) is 6.42 Å². The average Bonchev–Trinajstić information content (AvgIpc) is 2.93. The van der Waals surface area contributed by atoms with E-state index in [-0.39, 0.29) is 0 Å². The molecule has 0 saturated carbocycles. The van der Waals surface area contributed by atoms with Crippen molar-refractivity contribution in [2.45, 2.75) is 20.3 Å². The molecule has 1 N–H and O–H groups in total. The van der Waals surface area contributed by atoms with Crippen LogP contribution in [0.5, 0.6) is 0 Å². The molecule has 0 radical (unpaired) electrons. The molecule has 0 saturated heterocycles. The molecule has 0 aliphatic heterocycles. The Bertz CT molecular complexity index is 883. The highest BCUT2D eigenvalue weighted by molar-refractivity contribution is 5.85. The molecule has 0 unspecified atom stereocenters. The Balaban J connectivity index is 1.90. The lowest BCUT2D eigenvalue weighted by Crippen LogP contribution is -1.97. The number of fused-ring (bicyclic) bond motifs is 3. The summed E-state index contributed by atoms with van der Waals surface area (Å²) < 4.78 is 0. The predicted molar refractivity (Wildman–Crippen MR) is 99.1 cm³/mol. The number of benzene rings is 3. The molecule has 0 atom stereocenters. The standard InChI is InChI=1S/C22H21N/c1-14-11-17(12-15(2)22(14)23-3)19-9-6-10-20-18-8-5-4-7-16(18)13-21(19)20/h4-12,23H,13H2,1-3H3. The van der Waals surface area contributed by atoms with Crippen molar-refractivity contribution in [2.75, 3.05) is 12.4 Å². The van der Waals surface area contributed by atoms with Gasteiger partial charge in [0.1, 0.15) is 0 Å². The van der Waals surface area contributed by atoms with Gasteiger partial charge in [0, 0.05) is 12.7 Å². The molecule has 0 amide bonds. The van der Waals surface area contributed by atoms with E-state index in [1.807, 2.05) is 7.05 Å². The SMILES string of the molecule is CNc1c(C)cc(-c2cccc3c2Cc2ccccc2-3)cc1C. The molecule has 3 aromatic rings. The fourth-order valence-electron chi connectivity index (χ4n) is 3.94. The lowest BCUT2D eigenvalue weighted by Gasteiger charge is -2.14. The van der Waals surface area contributed by atoms with Gasteiger partial charge in [-0.15, -0.1) is 0 Å². The number of aryl methyl sites for hydroxylation is 2. The third kappa shape index (κ3) is 2.16. The number of nitrogens with one attached hydrogen (secondary N) is 1. The van der Waals surface area contributed by atoms with Crippen molar-refractivity contribution in [3.05, 3.63) is 76.9 Å². The van der Waals surface area contributed by atoms with Crippen LogP contribution < -0.4 is 5.32 Å². The van der Waals surface area contributed by atoms with Crippen LogP contribution in [0.25, 0.3) is 22.3 Å². The van der Waals surface area contributed by atoms with Gasteiger partial charge in [0.2, 0.25) is 0 Å². The quantitative estimate of drug-likeness (QED) is 0.509. The van der Waals surface area contributed by atoms with E-state index >= 15 is 0 Å². The first-order chi connectivity index (χ1) is 11.2. The number of rotatable bonds is 2. The predicted octanol–water partition coefficient (Wildman–Crippen LogP) is 5.58. The molecule has 1 nitrogen and oxygen atoms in total. The van der Waals surface area contributed by atoms with Gasteiger partial charge in [-0.3, -0.25) is 0 Å². The maximum absolute atomic E-state index is 3.31. The lowest BCUT2D eigenvalue weighted by atomic mass is 9.93. The second-order valence-electron chi connectivity index (χ2n) is 6.40. The molecule has 0 spiro atoms. The molecule has 1 aliphatic rings. The fourth-order valence-corrected chi connectivity index (χ4v) is 3.94. The van der Waals surface area contributed by atoms with Crippen LogP contribution in [0.15, 0.2) is 54.6 Å². The van der Waals surface area contributed by atoms with Crippen LogP contribution in [0, 0.1) is 13.8 Å². The van der Waals surface area contributed by atoms with Crippen LogP contribution >= 0.6 is 0 Å². The van der Waals surface area contributed by atoms with E-state index in [9.17, 15) is 0 Å². The van der Waals surface area contributed by atoms with Crippen molar-refractivity contribution in [1.29, 1.82) is 0 Å². The lowest BCUT2D eigenvalue weighted by molar-refractivity contribution is 1.26. The molecule has 0 bridgehead atoms. The van der Waals surface area contributed by atoms with Gasteiger partial charge in [0.15, 0.2) is 0 Å². The minimum absolute atomic E-state index is 1.04. The summed E-state index contributed by atoms with van der Waals surface area (Å²) in [7, 11) is 1.99. The topological polar surface area (TPSA) is 12.0 Å². The molecular formula is C22H21N. The Hall–Kier alpha value is -2.54. The van der Waals surface area contributed by atoms with Crippen molar-refractivity contribution >= 4 is 5.69 Å². The van der Waals surface area contributed by atoms with E-state index < -0.39 is 0 Å². The first-order valence-electron chi connectivity index (χ1n) is 8.18. The maximum atomic E-state index is 3.31. The van der Waals surface area contributed by atoms with Gasteiger partial charge in [-0.2, -0.15) is 0 Å². The monoisotopic (exact) mass is 299 g/mol. The number of hydrogen-bond donors (Lipinski definition) is 1. The summed E-state index contributed by atoms with van der Waals surface area (Å²) in [5, 5.41) is 3.31. The van der Waals surface area contributed by atoms with Gasteiger partial charge in [-0.05, 0) is 76.9 Å². The summed E-state index contributed by atoms with van der Waals surface area (Å²) in [4.78, 5) is 0. The van der Waals surface area contributed by atoms with Gasteiger partial charge in [-0.1, -0.05) is 42.5 Å². The zero-order valence-corrected chi connectivity index (χ0v) is 13.9. The number of anilines is 1. The van der Waals surface area contributed by atoms with Gasteiger partial charge < -0.3 is 5.32 Å². The Morgan fingerprint density at radius 3 is 2.17 bits per heavy atom. The maximum Gasteiger partial charge on any atom is 0.0397 e. The first kappa shape index (κ1) is 14.1. The third-order valence-electron chi connectivity index (χ3n) is 4.94. The Kier molecular flexibility index (Phi) is 3.23. The second kappa shape index (κ2) is 5.27. The summed E-state index contributed by atoms with van der Waals surface area (Å²) in [6, 6.07) is 20.1. The van der Waals surface area contributed by atoms with Crippen molar-refractivity contribution < 1.29 is 0 Å². The highest BCUT2D eigenvalue weighted by Gasteiger charge is 2.21. The highest BCUT2D eigenvalue weighted by Crippen LogP contribution is 2.42. The number of hydrogen-bond acceptors (Lipinski definition) is 1. The minimum atomic E-state index is 1.04. The Morgan fingerprint density at radius 1 is 0.783 bits per heavy atom. The molecule has 3 aromatic carbocycles. The molecular weight excluding hydrogens is 278 g/mol. The molecule has 0 heterocycles. The van der Waals surface area contributed by atoms with E-state index in [0.29, 0.717) is 0 Å². The molecule has 1 aliphatic carbocycles. The van der Waals surface area contributed by atoms with Crippen LogP contribution in [0.2, 0.25) is 0 Å². The van der Waals surface area contributed by atoms with Gasteiger partial charge >= 0.3 is 0 Å². The van der Waals surface area contributed by atoms with Crippen LogP contribution in [0.4, 0.5) is 5.69 Å². The molecule has 4 rings (SSSR count). The van der Waals surface area contributed by atoms with Crippen molar-refractivity contribution in [2.24, 2.45) is 0 Å². The minimum Gasteiger partial charge on any atom is -0.388 e. The zero-order valence-electron chi connectivity index (χ0n) is 13.9. The van der Waals surface area contributed by atoms with Crippen molar-refractivity contribution in [3.63, 3.8) is 0 Å². The van der Waals surface area contributed by atoms with Crippen molar-refractivity contribution in [1.82, 2.24) is 0 Å². The highest BCUT2D eigenvalue weighted by atomic mass is 14.8. The van der Waals surface area contributed by atoms with Crippen LogP contribution in [0.3, 0.4) is 0 Å². The van der Waals surface area contributed by atoms with Crippen LogP contribution in [-0.4, -0.2) is 7.05 Å². The smallest absolute Gasteiger partial charge is 0.0397 e. The summed E-state index contributed by atoms with van der Waals surface area (Å²) >= 11 is 0. The largest absolute Gasteiger partial charge is 0.388 e. The summed E-state index contributed by atoms with van der Waals surface area (Å²) in [5.74, 6) is 0. The molecule has 0 aromatic heterocycles. The van der Waals surface area contributed by atoms with Crippen molar-refractivity contribution in [3.8, 4) is 22.3 Å².